The summed E-state index contributed by atoms with van der Waals surface area (Å²) in [6, 6.07) is 75.0. The molecule has 12 aromatic rings. The fourth-order valence-corrected chi connectivity index (χ4v) is 11.1. The van der Waals surface area contributed by atoms with Crippen molar-refractivity contribution in [3.8, 4) is 61.8 Å². The molecule has 0 unspecified atom stereocenters. The molecule has 3 heterocycles. The second-order valence-corrected chi connectivity index (χ2v) is 21.8. The number of hydrogen-bond acceptors (Lipinski definition) is 7. The van der Waals surface area contributed by atoms with Crippen LogP contribution in [0.4, 0.5) is 4.39 Å². The van der Waals surface area contributed by atoms with Crippen LogP contribution in [0.2, 0.25) is 0 Å². The van der Waals surface area contributed by atoms with Gasteiger partial charge >= 0.3 is 17.1 Å². The van der Waals surface area contributed by atoms with Crippen LogP contribution < -0.4 is 38.5 Å². The summed E-state index contributed by atoms with van der Waals surface area (Å²) in [5, 5.41) is 0. The summed E-state index contributed by atoms with van der Waals surface area (Å²) >= 11 is 0. The molecule has 0 N–H and O–H groups in total. The normalized spacial score (nSPS) is 11.2. The number of aromatic nitrogens is 6. The van der Waals surface area contributed by atoms with Crippen molar-refractivity contribution >= 4 is 0 Å². The van der Waals surface area contributed by atoms with Gasteiger partial charge in [-0.05, 0) is 140 Å². The van der Waals surface area contributed by atoms with Crippen LogP contribution in [0.1, 0.15) is 38.9 Å². The molecule has 0 aliphatic rings. The maximum Gasteiger partial charge on any atom is 0.332 e. The van der Waals surface area contributed by atoms with Crippen molar-refractivity contribution in [2.75, 3.05) is 7.11 Å². The van der Waals surface area contributed by atoms with Gasteiger partial charge in [0.1, 0.15) is 11.6 Å². The van der Waals surface area contributed by atoms with Gasteiger partial charge in [-0.2, -0.15) is 0 Å². The lowest BCUT2D eigenvalue weighted by atomic mass is 10.0. The zero-order valence-electron chi connectivity index (χ0n) is 48.3. The molecule has 0 saturated heterocycles. The van der Waals surface area contributed by atoms with Crippen molar-refractivity contribution < 1.29 is 9.13 Å². The van der Waals surface area contributed by atoms with Gasteiger partial charge in [0.25, 0.3) is 16.7 Å². The number of hydrogen-bond donors (Lipinski definition) is 0. The molecule has 14 heteroatoms. The van der Waals surface area contributed by atoms with Crippen LogP contribution in [0, 0.1) is 12.7 Å². The Hall–Kier alpha value is -11.3. The summed E-state index contributed by atoms with van der Waals surface area (Å²) in [4.78, 5) is 84.9. The van der Waals surface area contributed by atoms with E-state index in [0.29, 0.717) is 34.0 Å². The summed E-state index contributed by atoms with van der Waals surface area (Å²) in [5.74, 6) is 0.197. The van der Waals surface area contributed by atoms with Gasteiger partial charge in [-0.25, -0.2) is 18.8 Å². The van der Waals surface area contributed by atoms with E-state index in [0.717, 1.165) is 66.8 Å². The van der Waals surface area contributed by atoms with Crippen molar-refractivity contribution in [3.05, 3.63) is 356 Å². The van der Waals surface area contributed by atoms with Gasteiger partial charge in [-0.1, -0.05) is 175 Å². The second-order valence-electron chi connectivity index (χ2n) is 21.8. The van der Waals surface area contributed by atoms with Crippen LogP contribution in [-0.2, 0) is 39.3 Å². The Kier molecular flexibility index (Phi) is 16.3. The third-order valence-corrected chi connectivity index (χ3v) is 15.9. The lowest BCUT2D eigenvalue weighted by molar-refractivity contribution is 0.415. The summed E-state index contributed by atoms with van der Waals surface area (Å²) in [5.41, 5.74) is 9.91. The molecule has 9 aromatic carbocycles. The average Bonchev–Trinajstić information content (AvgIpc) is 1.89. The highest BCUT2D eigenvalue weighted by atomic mass is 19.1. The number of ether oxygens (including phenoxy) is 1. The number of rotatable bonds is 18. The predicted molar refractivity (Wildman–Crippen MR) is 344 cm³/mol. The van der Waals surface area contributed by atoms with Crippen LogP contribution in [0.5, 0.6) is 5.75 Å². The predicted octanol–water partition coefficient (Wildman–Crippen LogP) is 11.7. The Labute approximate surface area is 505 Å². The number of halogens is 1. The van der Waals surface area contributed by atoms with Crippen molar-refractivity contribution in [1.82, 2.24) is 27.4 Å². The molecular formula is C74H59FN6O7. The maximum absolute atomic E-state index is 14.9. The molecule has 3 aromatic heterocycles. The Morgan fingerprint density at radius 3 is 0.977 bits per heavy atom. The third-order valence-electron chi connectivity index (χ3n) is 15.9. The van der Waals surface area contributed by atoms with E-state index in [2.05, 4.69) is 0 Å². The Balaban J connectivity index is 0.805. The SMILES string of the molecule is COc1ccc(-c2cc(=O)n(Cc3ccc(-c4cccc(Cn5c(-c6ccc(C)cc6)cc(=O)n(Cc6ccccc6)c5=O)c4)cc3)c(=O)n2Cc2cccc(-c3ccc(Cn4c(=O)cc(-c5ccc(F)cc5)n(Cc5ccccc5)c4=O)cc3)c2)cc1. The molecule has 0 amide bonds. The number of benzene rings is 9. The first-order valence-electron chi connectivity index (χ1n) is 28.8. The molecule has 0 atom stereocenters. The molecule has 0 aliphatic carbocycles. The standard InChI is InChI=1S/C74H59FN6O7/c1-50-19-25-59(26-20-50)66-41-69(82)79(45-52-13-7-4-8-14-52)73(86)77(66)48-55-15-9-17-62(39-55)58-29-23-54(24-30-58)47-81-71(84)43-68(61-33-37-65(88-2)38-34-61)78(74(81)87)49-56-16-10-18-63(40-56)57-27-21-53(22-28-57)46-80-70(83)42-67(60-31-35-64(75)36-32-60)76(72(80)85)44-51-11-5-3-6-12-51/h3-43H,44-49H2,1-2H3. The summed E-state index contributed by atoms with van der Waals surface area (Å²) in [6.45, 7) is 2.67. The average molecular weight is 1160 g/mol. The van der Waals surface area contributed by atoms with Gasteiger partial charge in [-0.3, -0.25) is 41.8 Å². The van der Waals surface area contributed by atoms with Gasteiger partial charge < -0.3 is 4.74 Å². The summed E-state index contributed by atoms with van der Waals surface area (Å²) in [7, 11) is 1.57. The molecule has 12 rings (SSSR count). The second kappa shape index (κ2) is 25.1. The van der Waals surface area contributed by atoms with Gasteiger partial charge in [0.2, 0.25) is 0 Å². The topological polar surface area (TPSA) is 141 Å². The lowest BCUT2D eigenvalue weighted by Crippen LogP contribution is -2.40. The van der Waals surface area contributed by atoms with E-state index in [-0.39, 0.29) is 44.8 Å². The van der Waals surface area contributed by atoms with Crippen LogP contribution in [0.25, 0.3) is 56.0 Å². The highest BCUT2D eigenvalue weighted by molar-refractivity contribution is 5.67. The van der Waals surface area contributed by atoms with E-state index in [1.54, 1.807) is 40.5 Å². The first kappa shape index (κ1) is 57.2. The van der Waals surface area contributed by atoms with Gasteiger partial charge in [0, 0.05) is 18.2 Å². The fourth-order valence-electron chi connectivity index (χ4n) is 11.1. The molecule has 0 fully saturated rings. The van der Waals surface area contributed by atoms with Gasteiger partial charge in [0.15, 0.2) is 0 Å². The molecule has 0 spiro atoms. The highest BCUT2D eigenvalue weighted by Crippen LogP contribution is 2.27. The Bertz CT molecular complexity index is 4900. The van der Waals surface area contributed by atoms with E-state index in [1.807, 2.05) is 201 Å². The van der Waals surface area contributed by atoms with E-state index in [4.69, 9.17) is 4.74 Å². The summed E-state index contributed by atoms with van der Waals surface area (Å²) in [6.07, 6.45) is 0. The van der Waals surface area contributed by atoms with Crippen LogP contribution in [0.15, 0.2) is 277 Å². The molecule has 88 heavy (non-hydrogen) atoms. The quantitative estimate of drug-likeness (QED) is 0.0833. The zero-order chi connectivity index (χ0) is 60.8. The zero-order valence-corrected chi connectivity index (χ0v) is 48.3. The first-order valence-corrected chi connectivity index (χ1v) is 28.8. The van der Waals surface area contributed by atoms with E-state index < -0.39 is 34.0 Å². The van der Waals surface area contributed by atoms with E-state index >= 15 is 0 Å². The Morgan fingerprint density at radius 1 is 0.295 bits per heavy atom. The minimum absolute atomic E-state index is 0.00203. The van der Waals surface area contributed by atoms with E-state index in [1.165, 1.54) is 48.6 Å². The van der Waals surface area contributed by atoms with Crippen LogP contribution in [-0.4, -0.2) is 34.5 Å². The monoisotopic (exact) mass is 1160 g/mol. The lowest BCUT2D eigenvalue weighted by Gasteiger charge is -2.17. The molecule has 0 radical (unpaired) electrons. The molecule has 0 saturated carbocycles. The fraction of sp³-hybridized carbons (Fsp3) is 0.108. The molecule has 0 bridgehead atoms. The van der Waals surface area contributed by atoms with Crippen molar-refractivity contribution in [1.29, 1.82) is 0 Å². The number of nitrogens with zero attached hydrogens (tertiary/aromatic N) is 6. The van der Waals surface area contributed by atoms with Crippen LogP contribution in [0.3, 0.4) is 0 Å². The molecule has 0 aliphatic heterocycles. The van der Waals surface area contributed by atoms with Gasteiger partial charge in [-0.15, -0.1) is 0 Å². The highest BCUT2D eigenvalue weighted by Gasteiger charge is 2.19. The molecular weight excluding hydrogens is 1100 g/mol. The molecule has 434 valence electrons. The van der Waals surface area contributed by atoms with E-state index in [9.17, 15) is 33.2 Å². The first-order chi connectivity index (χ1) is 42.8. The largest absolute Gasteiger partial charge is 0.497 e. The van der Waals surface area contributed by atoms with Crippen molar-refractivity contribution in [3.63, 3.8) is 0 Å². The molecule has 13 nitrogen and oxygen atoms in total. The smallest absolute Gasteiger partial charge is 0.332 e. The summed E-state index contributed by atoms with van der Waals surface area (Å²) < 4.78 is 27.9. The maximum atomic E-state index is 14.9. The van der Waals surface area contributed by atoms with Crippen LogP contribution >= 0.6 is 0 Å². The number of methoxy groups -OCH3 is 1. The minimum atomic E-state index is -0.497. The van der Waals surface area contributed by atoms with Crippen molar-refractivity contribution in [2.24, 2.45) is 0 Å². The van der Waals surface area contributed by atoms with Crippen molar-refractivity contribution in [2.45, 2.75) is 46.2 Å². The minimum Gasteiger partial charge on any atom is -0.497 e. The Morgan fingerprint density at radius 2 is 0.602 bits per heavy atom. The van der Waals surface area contributed by atoms with Gasteiger partial charge in [0.05, 0.1) is 63.5 Å². The third kappa shape index (κ3) is 12.4. The number of aryl methyl sites for hydroxylation is 1.